The van der Waals surface area contributed by atoms with Gasteiger partial charge in [0.2, 0.25) is 5.95 Å². The second-order valence-corrected chi connectivity index (χ2v) is 13.4. The van der Waals surface area contributed by atoms with Gasteiger partial charge in [0, 0.05) is 56.1 Å². The van der Waals surface area contributed by atoms with Gasteiger partial charge < -0.3 is 35.6 Å². The Morgan fingerprint density at radius 1 is 0.943 bits per heavy atom. The molecule has 1 aliphatic heterocycles. The molecule has 272 valence electrons. The number of nitrogens with zero attached hydrogens (tertiary/aromatic N) is 10. The number of carbonyl (C=O) groups excluding carboxylic acids is 1. The van der Waals surface area contributed by atoms with Gasteiger partial charge in [0.15, 0.2) is 22.8 Å². The van der Waals surface area contributed by atoms with E-state index in [1.807, 2.05) is 52.8 Å². The summed E-state index contributed by atoms with van der Waals surface area (Å²) in [4.78, 5) is 35.1. The fourth-order valence-electron chi connectivity index (χ4n) is 7.29. The van der Waals surface area contributed by atoms with Crippen molar-refractivity contribution in [1.82, 2.24) is 50.0 Å². The van der Waals surface area contributed by atoms with Gasteiger partial charge in [-0.1, -0.05) is 67.6 Å². The summed E-state index contributed by atoms with van der Waals surface area (Å²) in [6, 6.07) is 22.5. The standard InChI is InChI=1S/C37H41N13O3/c1-2-30-45-47-50(46-30)29-19-28(32(51)33(29)52)49-22-40-31-34(39-20-27(23-9-5-3-6-10-23)24-11-7-4-8-12-24)43-36(44-35(31)49)48-18-15-26(21-48)42-37(53)41-25-13-16-38-17-14-25/h3-14,16-17,22,26-29,32-33,51-52H,2,15,18-21H2,1H3,(H,39,43,44)(H2,38,41,42,53)/t26-,28-,29+,32+,33-/m1/s1. The van der Waals surface area contributed by atoms with Crippen LogP contribution >= 0.6 is 0 Å². The molecule has 53 heavy (non-hydrogen) atoms. The summed E-state index contributed by atoms with van der Waals surface area (Å²) in [5.74, 6) is 1.59. The number of rotatable bonds is 11. The number of nitrogens with one attached hydrogen (secondary N) is 3. The molecule has 5 N–H and O–H groups in total. The minimum atomic E-state index is -1.14. The predicted octanol–water partition coefficient (Wildman–Crippen LogP) is 3.32. The number of anilines is 3. The lowest BCUT2D eigenvalue weighted by molar-refractivity contribution is 0.00473. The van der Waals surface area contributed by atoms with Crippen molar-refractivity contribution in [1.29, 1.82) is 0 Å². The van der Waals surface area contributed by atoms with Gasteiger partial charge >= 0.3 is 6.03 Å². The van der Waals surface area contributed by atoms with E-state index in [2.05, 4.69) is 60.6 Å². The Balaban J connectivity index is 1.10. The first-order chi connectivity index (χ1) is 25.9. The van der Waals surface area contributed by atoms with Gasteiger partial charge in [0.25, 0.3) is 0 Å². The van der Waals surface area contributed by atoms with E-state index in [9.17, 15) is 15.0 Å². The number of hydrogen-bond acceptors (Lipinski definition) is 12. The number of amides is 2. The number of carbonyl (C=O) groups is 1. The van der Waals surface area contributed by atoms with Crippen LogP contribution in [0.1, 0.15) is 54.7 Å². The minimum absolute atomic E-state index is 0.0166. The van der Waals surface area contributed by atoms with Crippen molar-refractivity contribution in [2.45, 2.75) is 62.4 Å². The summed E-state index contributed by atoms with van der Waals surface area (Å²) >= 11 is 0. The molecule has 6 aromatic rings. The van der Waals surface area contributed by atoms with E-state index < -0.39 is 24.3 Å². The molecule has 8 rings (SSSR count). The molecule has 2 fully saturated rings. The van der Waals surface area contributed by atoms with Gasteiger partial charge in [0.1, 0.15) is 18.2 Å². The van der Waals surface area contributed by atoms with Crippen molar-refractivity contribution >= 4 is 34.6 Å². The van der Waals surface area contributed by atoms with Crippen molar-refractivity contribution < 1.29 is 15.0 Å². The van der Waals surface area contributed by atoms with Gasteiger partial charge in [0.05, 0.1) is 12.4 Å². The van der Waals surface area contributed by atoms with Crippen LogP contribution in [0.2, 0.25) is 0 Å². The number of pyridine rings is 1. The van der Waals surface area contributed by atoms with Crippen LogP contribution in [0.25, 0.3) is 11.2 Å². The quantitative estimate of drug-likeness (QED) is 0.131. The zero-order chi connectivity index (χ0) is 36.3. The largest absolute Gasteiger partial charge is 0.388 e. The molecular weight excluding hydrogens is 674 g/mol. The number of aryl methyl sites for hydroxylation is 1. The fourth-order valence-corrected chi connectivity index (χ4v) is 7.29. The van der Waals surface area contributed by atoms with Gasteiger partial charge in [-0.2, -0.15) is 14.8 Å². The van der Waals surface area contributed by atoms with Gasteiger partial charge in [-0.05, 0) is 41.3 Å². The van der Waals surface area contributed by atoms with Crippen molar-refractivity contribution in [2.75, 3.05) is 35.2 Å². The maximum Gasteiger partial charge on any atom is 0.319 e. The highest BCUT2D eigenvalue weighted by Crippen LogP contribution is 2.40. The Kier molecular flexibility index (Phi) is 9.60. The number of aliphatic hydroxyl groups is 2. The molecule has 1 saturated heterocycles. The second kappa shape index (κ2) is 14.9. The monoisotopic (exact) mass is 715 g/mol. The van der Waals surface area contributed by atoms with E-state index in [0.717, 1.165) is 11.1 Å². The SMILES string of the molecule is CCc1nnn([C@H]2C[C@@H](n3cnc4c(NCC(c5ccccc5)c5ccccc5)nc(N5CC[C@@H](NC(=O)Nc6ccncc6)C5)nc43)[C@H](O)[C@@H]2O)n1. The highest BCUT2D eigenvalue weighted by Gasteiger charge is 2.45. The molecule has 16 heteroatoms. The summed E-state index contributed by atoms with van der Waals surface area (Å²) in [5.41, 5.74) is 4.02. The average Bonchev–Trinajstić information content (AvgIpc) is 4.00. The summed E-state index contributed by atoms with van der Waals surface area (Å²) in [7, 11) is 0. The number of benzene rings is 2. The molecule has 0 radical (unpaired) electrons. The van der Waals surface area contributed by atoms with Crippen molar-refractivity contribution in [3.05, 3.63) is 108 Å². The third kappa shape index (κ3) is 7.10. The van der Waals surface area contributed by atoms with E-state index in [-0.39, 0.29) is 18.0 Å². The van der Waals surface area contributed by atoms with E-state index in [0.29, 0.717) is 73.3 Å². The Morgan fingerprint density at radius 3 is 2.36 bits per heavy atom. The Morgan fingerprint density at radius 2 is 1.66 bits per heavy atom. The summed E-state index contributed by atoms with van der Waals surface area (Å²) < 4.78 is 1.82. The topological polar surface area (TPSA) is 197 Å². The number of aliphatic hydroxyl groups excluding tert-OH is 2. The van der Waals surface area contributed by atoms with Crippen LogP contribution in [0.4, 0.5) is 22.2 Å². The zero-order valence-electron chi connectivity index (χ0n) is 29.1. The highest BCUT2D eigenvalue weighted by atomic mass is 16.3. The van der Waals surface area contributed by atoms with Gasteiger partial charge in [-0.25, -0.2) is 9.78 Å². The molecule has 0 unspecified atom stereocenters. The first-order valence-corrected chi connectivity index (χ1v) is 17.9. The summed E-state index contributed by atoms with van der Waals surface area (Å²) in [5, 5.41) is 44.7. The van der Waals surface area contributed by atoms with Crippen LogP contribution in [0.3, 0.4) is 0 Å². The third-order valence-corrected chi connectivity index (χ3v) is 10.1. The normalized spacial score (nSPS) is 21.4. The number of fused-ring (bicyclic) bond motifs is 1. The van der Waals surface area contributed by atoms with Crippen LogP contribution in [0.15, 0.2) is 91.5 Å². The predicted molar refractivity (Wildman–Crippen MR) is 197 cm³/mol. The molecule has 0 bridgehead atoms. The smallest absolute Gasteiger partial charge is 0.319 e. The molecule has 4 aromatic heterocycles. The minimum Gasteiger partial charge on any atom is -0.388 e. The first kappa shape index (κ1) is 34.1. The zero-order valence-corrected chi connectivity index (χ0v) is 29.1. The molecule has 5 heterocycles. The van der Waals surface area contributed by atoms with Crippen molar-refractivity contribution in [2.24, 2.45) is 0 Å². The molecule has 0 spiro atoms. The van der Waals surface area contributed by atoms with Crippen molar-refractivity contribution in [3.63, 3.8) is 0 Å². The van der Waals surface area contributed by atoms with Crippen LogP contribution in [-0.2, 0) is 6.42 Å². The maximum atomic E-state index is 12.8. The first-order valence-electron chi connectivity index (χ1n) is 17.9. The number of hydrogen-bond donors (Lipinski definition) is 5. The van der Waals surface area contributed by atoms with Crippen LogP contribution < -0.4 is 20.9 Å². The lowest BCUT2D eigenvalue weighted by atomic mass is 9.91. The molecule has 2 amide bonds. The fraction of sp³-hybridized carbons (Fsp3) is 0.351. The Labute approximate surface area is 305 Å². The van der Waals surface area contributed by atoms with E-state index in [4.69, 9.17) is 15.0 Å². The lowest BCUT2D eigenvalue weighted by Crippen LogP contribution is -2.40. The van der Waals surface area contributed by atoms with Crippen LogP contribution in [-0.4, -0.2) is 98.8 Å². The average molecular weight is 716 g/mol. The number of imidazole rings is 1. The lowest BCUT2D eigenvalue weighted by Gasteiger charge is -2.22. The maximum absolute atomic E-state index is 12.8. The molecular formula is C37H41N13O3. The van der Waals surface area contributed by atoms with Gasteiger partial charge in [-0.15, -0.1) is 10.2 Å². The highest BCUT2D eigenvalue weighted by molar-refractivity contribution is 5.89. The molecule has 5 atom stereocenters. The van der Waals surface area contributed by atoms with Crippen molar-refractivity contribution in [3.8, 4) is 0 Å². The van der Waals surface area contributed by atoms with E-state index >= 15 is 0 Å². The molecule has 2 aliphatic rings. The van der Waals surface area contributed by atoms with E-state index in [1.54, 1.807) is 30.9 Å². The number of urea groups is 1. The Hall–Kier alpha value is -6.00. The van der Waals surface area contributed by atoms with Crippen LogP contribution in [0, 0.1) is 0 Å². The molecule has 1 saturated carbocycles. The van der Waals surface area contributed by atoms with E-state index in [1.165, 1.54) is 4.80 Å². The third-order valence-electron chi connectivity index (χ3n) is 10.1. The number of aromatic nitrogens is 9. The van der Waals surface area contributed by atoms with Gasteiger partial charge in [-0.3, -0.25) is 4.98 Å². The summed E-state index contributed by atoms with van der Waals surface area (Å²) in [6.45, 7) is 3.56. The number of tetrazole rings is 1. The second-order valence-electron chi connectivity index (χ2n) is 13.4. The summed E-state index contributed by atoms with van der Waals surface area (Å²) in [6.07, 6.45) is 4.26. The Bertz CT molecular complexity index is 2110. The molecule has 1 aliphatic carbocycles. The molecule has 2 aromatic carbocycles. The molecule has 16 nitrogen and oxygen atoms in total. The van der Waals surface area contributed by atoms with Crippen LogP contribution in [0.5, 0.6) is 0 Å².